The van der Waals surface area contributed by atoms with E-state index in [0.717, 1.165) is 47.5 Å². The number of carbonyl (C=O) groups is 2. The van der Waals surface area contributed by atoms with Crippen LogP contribution >= 0.6 is 0 Å². The number of nitrogens with one attached hydrogen (secondary N) is 1. The molecule has 1 fully saturated rings. The number of carbonyl (C=O) groups excluding carboxylic acids is 1. The first-order valence-corrected chi connectivity index (χ1v) is 13.7. The fourth-order valence-corrected chi connectivity index (χ4v) is 5.33. The number of ether oxygens (including phenoxy) is 1. The van der Waals surface area contributed by atoms with Crippen molar-refractivity contribution >= 4 is 23.3 Å². The van der Waals surface area contributed by atoms with Crippen LogP contribution in [0.5, 0.6) is 0 Å². The monoisotopic (exact) mass is 508 g/mol. The second-order valence-electron chi connectivity index (χ2n) is 10.9. The van der Waals surface area contributed by atoms with E-state index in [1.54, 1.807) is 7.11 Å². The Labute approximate surface area is 222 Å². The van der Waals surface area contributed by atoms with E-state index in [2.05, 4.69) is 30.1 Å². The maximum Gasteiger partial charge on any atom is 0.303 e. The standard InChI is InChI=1S/C31H44N2O4/c1-22(2)21-33(27-8-6-5-7-9-27)29-15-14-25(26(16-17-37-4)20-31(35)36)19-28(29)32-30(34)18-24-12-10-23(3)11-13-24/h10-15,19,22,26-27H,5-9,16-18,20-21H2,1-4H3,(H,32,34)(H,35,36). The van der Waals surface area contributed by atoms with Crippen LogP contribution in [0.15, 0.2) is 42.5 Å². The van der Waals surface area contributed by atoms with Gasteiger partial charge in [0.25, 0.3) is 0 Å². The number of anilines is 2. The minimum atomic E-state index is -0.834. The Morgan fingerprint density at radius 2 is 1.78 bits per heavy atom. The van der Waals surface area contributed by atoms with Gasteiger partial charge in [-0.3, -0.25) is 9.59 Å². The lowest BCUT2D eigenvalue weighted by Gasteiger charge is -2.38. The fourth-order valence-electron chi connectivity index (χ4n) is 5.33. The highest BCUT2D eigenvalue weighted by atomic mass is 16.5. The minimum Gasteiger partial charge on any atom is -0.481 e. The number of aliphatic carboxylic acids is 1. The van der Waals surface area contributed by atoms with Gasteiger partial charge < -0.3 is 20.1 Å². The SMILES string of the molecule is COCCC(CC(=O)O)c1ccc(N(CC(C)C)C2CCCCC2)c(NC(=O)Cc2ccc(C)cc2)c1. The van der Waals surface area contributed by atoms with Crippen molar-refractivity contribution < 1.29 is 19.4 Å². The molecule has 0 spiro atoms. The van der Waals surface area contributed by atoms with Gasteiger partial charge in [-0.1, -0.05) is 69.0 Å². The number of nitrogens with zero attached hydrogens (tertiary/aromatic N) is 1. The number of hydrogen-bond donors (Lipinski definition) is 2. The van der Waals surface area contributed by atoms with E-state index in [1.807, 2.05) is 43.3 Å². The van der Waals surface area contributed by atoms with Crippen LogP contribution in [0.1, 0.15) is 81.4 Å². The molecule has 37 heavy (non-hydrogen) atoms. The highest BCUT2D eigenvalue weighted by molar-refractivity contribution is 5.96. The molecule has 1 aliphatic rings. The summed E-state index contributed by atoms with van der Waals surface area (Å²) in [6.07, 6.45) is 6.96. The van der Waals surface area contributed by atoms with E-state index in [1.165, 1.54) is 19.3 Å². The molecule has 3 rings (SSSR count). The molecule has 1 atom stereocenters. The van der Waals surface area contributed by atoms with Gasteiger partial charge in [-0.2, -0.15) is 0 Å². The lowest BCUT2D eigenvalue weighted by molar-refractivity contribution is -0.137. The summed E-state index contributed by atoms with van der Waals surface area (Å²) < 4.78 is 5.26. The Balaban J connectivity index is 1.97. The summed E-state index contributed by atoms with van der Waals surface area (Å²) in [4.78, 5) is 27.3. The molecule has 6 heteroatoms. The van der Waals surface area contributed by atoms with Crippen LogP contribution in [0.25, 0.3) is 0 Å². The number of carboxylic acids is 1. The van der Waals surface area contributed by atoms with Crippen LogP contribution in [0.3, 0.4) is 0 Å². The number of carboxylic acid groups (broad SMARTS) is 1. The zero-order chi connectivity index (χ0) is 26.8. The van der Waals surface area contributed by atoms with E-state index in [0.29, 0.717) is 31.4 Å². The Morgan fingerprint density at radius 1 is 1.08 bits per heavy atom. The topological polar surface area (TPSA) is 78.9 Å². The normalized spacial score (nSPS) is 14.9. The fraction of sp³-hybridized carbons (Fsp3) is 0.548. The molecule has 0 bridgehead atoms. The molecule has 6 nitrogen and oxygen atoms in total. The third kappa shape index (κ3) is 8.89. The van der Waals surface area contributed by atoms with Gasteiger partial charge in [-0.05, 0) is 61.3 Å². The second kappa shape index (κ2) is 14.2. The summed E-state index contributed by atoms with van der Waals surface area (Å²) in [5.74, 6) is -0.618. The summed E-state index contributed by atoms with van der Waals surface area (Å²) in [6.45, 7) is 7.89. The van der Waals surface area contributed by atoms with E-state index in [4.69, 9.17) is 4.74 Å². The van der Waals surface area contributed by atoms with Gasteiger partial charge in [0.1, 0.15) is 0 Å². The number of methoxy groups -OCH3 is 1. The highest BCUT2D eigenvalue weighted by Crippen LogP contribution is 2.37. The molecule has 1 unspecified atom stereocenters. The summed E-state index contributed by atoms with van der Waals surface area (Å²) in [5.41, 5.74) is 4.85. The van der Waals surface area contributed by atoms with Crippen molar-refractivity contribution in [1.29, 1.82) is 0 Å². The molecule has 2 N–H and O–H groups in total. The van der Waals surface area contributed by atoms with E-state index < -0.39 is 5.97 Å². The molecule has 2 aromatic carbocycles. The van der Waals surface area contributed by atoms with E-state index in [-0.39, 0.29) is 18.2 Å². The van der Waals surface area contributed by atoms with Crippen molar-refractivity contribution in [2.45, 2.75) is 84.1 Å². The van der Waals surface area contributed by atoms with Gasteiger partial charge in [0.2, 0.25) is 5.91 Å². The second-order valence-corrected chi connectivity index (χ2v) is 10.9. The van der Waals surface area contributed by atoms with Crippen LogP contribution in [0.4, 0.5) is 11.4 Å². The van der Waals surface area contributed by atoms with E-state index in [9.17, 15) is 14.7 Å². The molecule has 0 saturated heterocycles. The molecule has 0 aliphatic heterocycles. The Morgan fingerprint density at radius 3 is 2.41 bits per heavy atom. The third-order valence-corrected chi connectivity index (χ3v) is 7.23. The zero-order valence-corrected chi connectivity index (χ0v) is 23.0. The molecule has 1 amide bonds. The molecule has 0 radical (unpaired) electrons. The number of amides is 1. The number of aryl methyl sites for hydroxylation is 1. The van der Waals surface area contributed by atoms with Crippen LogP contribution < -0.4 is 10.2 Å². The molecular weight excluding hydrogens is 464 g/mol. The van der Waals surface area contributed by atoms with Crippen molar-refractivity contribution in [3.05, 3.63) is 59.2 Å². The molecule has 1 saturated carbocycles. The number of benzene rings is 2. The minimum absolute atomic E-state index is 0.0256. The van der Waals surface area contributed by atoms with Gasteiger partial charge in [0, 0.05) is 26.3 Å². The number of hydrogen-bond acceptors (Lipinski definition) is 4. The van der Waals surface area contributed by atoms with Crippen molar-refractivity contribution in [1.82, 2.24) is 0 Å². The van der Waals surface area contributed by atoms with Gasteiger partial charge in [-0.25, -0.2) is 0 Å². The maximum atomic E-state index is 13.2. The first-order chi connectivity index (χ1) is 17.8. The Bertz CT molecular complexity index is 1010. The smallest absolute Gasteiger partial charge is 0.303 e. The lowest BCUT2D eigenvalue weighted by Crippen LogP contribution is -2.40. The predicted octanol–water partition coefficient (Wildman–Crippen LogP) is 6.57. The molecular formula is C31H44N2O4. The molecule has 0 heterocycles. The highest BCUT2D eigenvalue weighted by Gasteiger charge is 2.26. The first-order valence-electron chi connectivity index (χ1n) is 13.7. The average molecular weight is 509 g/mol. The van der Waals surface area contributed by atoms with Gasteiger partial charge in [0.05, 0.1) is 24.2 Å². The Kier molecular flexibility index (Phi) is 11.0. The van der Waals surface area contributed by atoms with Gasteiger partial charge in [-0.15, -0.1) is 0 Å². The lowest BCUT2D eigenvalue weighted by atomic mass is 9.90. The van der Waals surface area contributed by atoms with Crippen molar-refractivity contribution in [2.24, 2.45) is 5.92 Å². The van der Waals surface area contributed by atoms with E-state index >= 15 is 0 Å². The molecule has 2 aromatic rings. The van der Waals surface area contributed by atoms with Crippen LogP contribution in [-0.4, -0.2) is 43.3 Å². The van der Waals surface area contributed by atoms with Crippen molar-refractivity contribution in [2.75, 3.05) is 30.5 Å². The van der Waals surface area contributed by atoms with Crippen LogP contribution in [-0.2, 0) is 20.7 Å². The van der Waals surface area contributed by atoms with Gasteiger partial charge in [0.15, 0.2) is 0 Å². The first kappa shape index (κ1) is 28.7. The van der Waals surface area contributed by atoms with Crippen LogP contribution in [0.2, 0.25) is 0 Å². The predicted molar refractivity (Wildman–Crippen MR) is 150 cm³/mol. The quantitative estimate of drug-likeness (QED) is 0.320. The Hall–Kier alpha value is -2.86. The summed E-state index contributed by atoms with van der Waals surface area (Å²) in [7, 11) is 1.63. The third-order valence-electron chi connectivity index (χ3n) is 7.23. The maximum absolute atomic E-state index is 13.2. The molecule has 0 aromatic heterocycles. The zero-order valence-electron chi connectivity index (χ0n) is 23.0. The molecule has 202 valence electrons. The summed E-state index contributed by atoms with van der Waals surface area (Å²) in [6, 6.07) is 14.6. The average Bonchev–Trinajstić information content (AvgIpc) is 2.87. The van der Waals surface area contributed by atoms with Crippen molar-refractivity contribution in [3.8, 4) is 0 Å². The summed E-state index contributed by atoms with van der Waals surface area (Å²) in [5, 5.41) is 12.7. The number of rotatable bonds is 13. The summed E-state index contributed by atoms with van der Waals surface area (Å²) >= 11 is 0. The largest absolute Gasteiger partial charge is 0.481 e. The van der Waals surface area contributed by atoms with Crippen LogP contribution in [0, 0.1) is 12.8 Å². The van der Waals surface area contributed by atoms with Gasteiger partial charge >= 0.3 is 5.97 Å². The molecule has 1 aliphatic carbocycles. The van der Waals surface area contributed by atoms with Crippen molar-refractivity contribution in [3.63, 3.8) is 0 Å².